The first-order valence-electron chi connectivity index (χ1n) is 9.03. The number of fused-ring (bicyclic) bond motifs is 1. The summed E-state index contributed by atoms with van der Waals surface area (Å²) in [6, 6.07) is 14.4. The summed E-state index contributed by atoms with van der Waals surface area (Å²) in [6.45, 7) is 2.51. The standard InChI is InChI=1S/C20H20FN5OS/c1-13(19(27)25-11-10-14-6-3-5-9-17(14)25)28-20-24-23-18(26(20)22)12-15-7-2-4-8-16(15)21/h2-9,13H,10-12,22H2,1H3/t13-/m1/s1. The Bertz CT molecular complexity index is 1020. The van der Waals surface area contributed by atoms with Crippen molar-refractivity contribution in [1.29, 1.82) is 0 Å². The molecule has 1 atom stereocenters. The minimum Gasteiger partial charge on any atom is -0.336 e. The van der Waals surface area contributed by atoms with E-state index in [1.54, 1.807) is 18.2 Å². The second kappa shape index (κ2) is 7.63. The molecule has 0 bridgehead atoms. The first-order valence-corrected chi connectivity index (χ1v) is 9.91. The van der Waals surface area contributed by atoms with Crippen LogP contribution in [0.3, 0.4) is 0 Å². The summed E-state index contributed by atoms with van der Waals surface area (Å²) in [6.07, 6.45) is 1.09. The van der Waals surface area contributed by atoms with E-state index < -0.39 is 0 Å². The molecule has 3 aromatic rings. The van der Waals surface area contributed by atoms with E-state index in [1.807, 2.05) is 36.1 Å². The third-order valence-corrected chi connectivity index (χ3v) is 5.87. The summed E-state index contributed by atoms with van der Waals surface area (Å²) in [5.41, 5.74) is 2.65. The molecule has 6 nitrogen and oxygen atoms in total. The molecule has 0 fully saturated rings. The minimum absolute atomic E-state index is 0.00797. The fraction of sp³-hybridized carbons (Fsp3) is 0.250. The molecule has 1 aromatic heterocycles. The molecule has 1 aliphatic rings. The number of thioether (sulfide) groups is 1. The van der Waals surface area contributed by atoms with E-state index in [0.717, 1.165) is 12.1 Å². The van der Waals surface area contributed by atoms with E-state index in [2.05, 4.69) is 10.2 Å². The van der Waals surface area contributed by atoms with Crippen LogP contribution in [-0.4, -0.2) is 32.6 Å². The lowest BCUT2D eigenvalue weighted by Crippen LogP contribution is -2.35. The molecule has 1 amide bonds. The zero-order valence-corrected chi connectivity index (χ0v) is 16.2. The number of para-hydroxylation sites is 1. The number of carbonyl (C=O) groups excluding carboxylic acids is 1. The number of aromatic nitrogens is 3. The molecule has 28 heavy (non-hydrogen) atoms. The summed E-state index contributed by atoms with van der Waals surface area (Å²) >= 11 is 1.25. The van der Waals surface area contributed by atoms with Crippen LogP contribution in [0.1, 0.15) is 23.9 Å². The van der Waals surface area contributed by atoms with Gasteiger partial charge in [0.25, 0.3) is 0 Å². The molecule has 0 unspecified atom stereocenters. The van der Waals surface area contributed by atoms with Gasteiger partial charge in [0, 0.05) is 18.7 Å². The topological polar surface area (TPSA) is 77.0 Å². The van der Waals surface area contributed by atoms with E-state index in [-0.39, 0.29) is 23.4 Å². The van der Waals surface area contributed by atoms with Crippen molar-refractivity contribution >= 4 is 23.4 Å². The van der Waals surface area contributed by atoms with E-state index in [4.69, 9.17) is 5.84 Å². The Hall–Kier alpha value is -2.87. The summed E-state index contributed by atoms with van der Waals surface area (Å²) < 4.78 is 15.2. The summed E-state index contributed by atoms with van der Waals surface area (Å²) in [7, 11) is 0. The SMILES string of the molecule is C[C@@H](Sc1nnc(Cc2ccccc2F)n1N)C(=O)N1CCc2ccccc21. The average molecular weight is 397 g/mol. The highest BCUT2D eigenvalue weighted by molar-refractivity contribution is 8.00. The van der Waals surface area contributed by atoms with Crippen molar-refractivity contribution in [3.8, 4) is 0 Å². The van der Waals surface area contributed by atoms with Crippen LogP contribution in [-0.2, 0) is 17.6 Å². The number of rotatable bonds is 5. The van der Waals surface area contributed by atoms with Crippen molar-refractivity contribution in [1.82, 2.24) is 14.9 Å². The molecule has 1 aliphatic heterocycles. The Balaban J connectivity index is 1.47. The minimum atomic E-state index is -0.376. The van der Waals surface area contributed by atoms with Crippen LogP contribution < -0.4 is 10.7 Å². The van der Waals surface area contributed by atoms with Gasteiger partial charge in [0.2, 0.25) is 11.1 Å². The molecular weight excluding hydrogens is 377 g/mol. The van der Waals surface area contributed by atoms with Gasteiger partial charge in [-0.05, 0) is 36.6 Å². The number of hydrogen-bond donors (Lipinski definition) is 1. The summed E-state index contributed by atoms with van der Waals surface area (Å²) in [5, 5.41) is 8.22. The fourth-order valence-electron chi connectivity index (χ4n) is 3.32. The number of benzene rings is 2. The zero-order valence-electron chi connectivity index (χ0n) is 15.4. The van der Waals surface area contributed by atoms with Gasteiger partial charge >= 0.3 is 0 Å². The van der Waals surface area contributed by atoms with E-state index in [0.29, 0.717) is 23.1 Å². The van der Waals surface area contributed by atoms with Gasteiger partial charge in [-0.25, -0.2) is 9.07 Å². The quantitative estimate of drug-likeness (QED) is 0.529. The van der Waals surface area contributed by atoms with Gasteiger partial charge in [0.15, 0.2) is 5.82 Å². The lowest BCUT2D eigenvalue weighted by molar-refractivity contribution is -0.117. The third kappa shape index (κ3) is 3.47. The molecule has 0 radical (unpaired) electrons. The van der Waals surface area contributed by atoms with Gasteiger partial charge in [0.05, 0.1) is 5.25 Å². The molecule has 8 heteroatoms. The van der Waals surface area contributed by atoms with E-state index in [9.17, 15) is 9.18 Å². The lowest BCUT2D eigenvalue weighted by atomic mass is 10.1. The molecular formula is C20H20FN5OS. The Morgan fingerprint density at radius 2 is 1.96 bits per heavy atom. The predicted octanol–water partition coefficient (Wildman–Crippen LogP) is 2.79. The molecule has 2 aromatic carbocycles. The Morgan fingerprint density at radius 3 is 2.79 bits per heavy atom. The van der Waals surface area contributed by atoms with Gasteiger partial charge in [-0.3, -0.25) is 4.79 Å². The molecule has 2 N–H and O–H groups in total. The molecule has 4 rings (SSSR count). The fourth-order valence-corrected chi connectivity index (χ4v) is 4.17. The van der Waals surface area contributed by atoms with Crippen LogP contribution in [0.15, 0.2) is 53.7 Å². The van der Waals surface area contributed by atoms with Crippen molar-refractivity contribution in [2.45, 2.75) is 30.2 Å². The first-order chi connectivity index (χ1) is 13.5. The normalized spacial score (nSPS) is 14.1. The van der Waals surface area contributed by atoms with Crippen molar-refractivity contribution in [3.63, 3.8) is 0 Å². The first kappa shape index (κ1) is 18.5. The molecule has 2 heterocycles. The maximum atomic E-state index is 13.9. The molecule has 0 aliphatic carbocycles. The van der Waals surface area contributed by atoms with E-state index >= 15 is 0 Å². The van der Waals surface area contributed by atoms with Gasteiger partial charge in [-0.1, -0.05) is 48.2 Å². The van der Waals surface area contributed by atoms with Crippen molar-refractivity contribution in [2.75, 3.05) is 17.3 Å². The largest absolute Gasteiger partial charge is 0.336 e. The highest BCUT2D eigenvalue weighted by atomic mass is 32.2. The van der Waals surface area contributed by atoms with Crippen LogP contribution in [0.25, 0.3) is 0 Å². The number of anilines is 1. The van der Waals surface area contributed by atoms with Gasteiger partial charge in [0.1, 0.15) is 5.82 Å². The Kier molecular flexibility index (Phi) is 5.04. The van der Waals surface area contributed by atoms with Crippen LogP contribution in [0.5, 0.6) is 0 Å². The monoisotopic (exact) mass is 397 g/mol. The van der Waals surface area contributed by atoms with Gasteiger partial charge < -0.3 is 10.7 Å². The van der Waals surface area contributed by atoms with Crippen LogP contribution in [0.4, 0.5) is 10.1 Å². The molecule has 0 spiro atoms. The number of nitrogens with zero attached hydrogens (tertiary/aromatic N) is 4. The van der Waals surface area contributed by atoms with Gasteiger partial charge in [-0.15, -0.1) is 10.2 Å². The van der Waals surface area contributed by atoms with Crippen molar-refractivity contribution in [3.05, 3.63) is 71.3 Å². The molecule has 0 saturated heterocycles. The summed E-state index contributed by atoms with van der Waals surface area (Å²) in [5.74, 6) is 6.25. The zero-order chi connectivity index (χ0) is 19.7. The third-order valence-electron chi connectivity index (χ3n) is 4.82. The van der Waals surface area contributed by atoms with Crippen molar-refractivity contribution in [2.24, 2.45) is 0 Å². The number of carbonyl (C=O) groups is 1. The highest BCUT2D eigenvalue weighted by Crippen LogP contribution is 2.31. The van der Waals surface area contributed by atoms with Crippen LogP contribution in [0.2, 0.25) is 0 Å². The number of nitrogen functional groups attached to an aromatic ring is 1. The second-order valence-corrected chi connectivity index (χ2v) is 7.97. The van der Waals surface area contributed by atoms with Gasteiger partial charge in [-0.2, -0.15) is 0 Å². The highest BCUT2D eigenvalue weighted by Gasteiger charge is 2.29. The Labute approximate surface area is 166 Å². The van der Waals surface area contributed by atoms with Crippen LogP contribution >= 0.6 is 11.8 Å². The van der Waals surface area contributed by atoms with Crippen molar-refractivity contribution < 1.29 is 9.18 Å². The number of nitrogens with two attached hydrogens (primary N) is 1. The maximum absolute atomic E-state index is 13.9. The lowest BCUT2D eigenvalue weighted by Gasteiger charge is -2.21. The molecule has 144 valence electrons. The second-order valence-electron chi connectivity index (χ2n) is 6.67. The number of halogens is 1. The average Bonchev–Trinajstić information content (AvgIpc) is 3.28. The number of hydrogen-bond acceptors (Lipinski definition) is 5. The Morgan fingerprint density at radius 1 is 1.21 bits per heavy atom. The van der Waals surface area contributed by atoms with E-state index in [1.165, 1.54) is 28.1 Å². The predicted molar refractivity (Wildman–Crippen MR) is 107 cm³/mol. The van der Waals surface area contributed by atoms with Crippen LogP contribution in [0, 0.1) is 5.82 Å². The summed E-state index contributed by atoms with van der Waals surface area (Å²) in [4.78, 5) is 14.7. The smallest absolute Gasteiger partial charge is 0.240 e. The maximum Gasteiger partial charge on any atom is 0.240 e. The molecule has 0 saturated carbocycles. The number of amides is 1.